The molecule has 0 saturated carbocycles. The highest BCUT2D eigenvalue weighted by Gasteiger charge is 2.63. The highest BCUT2D eigenvalue weighted by molar-refractivity contribution is 5.12. The normalized spacial score (nSPS) is 34.1. The van der Waals surface area contributed by atoms with Gasteiger partial charge in [0.2, 0.25) is 0 Å². The highest BCUT2D eigenvalue weighted by atomic mass is 16.6. The van der Waals surface area contributed by atoms with Gasteiger partial charge >= 0.3 is 0 Å². The minimum atomic E-state index is 0.175. The number of hydrogen-bond acceptors (Lipinski definition) is 2. The predicted molar refractivity (Wildman–Crippen MR) is 44.6 cm³/mol. The molecular formula is C9H17NO. The second-order valence-corrected chi connectivity index (χ2v) is 4.41. The summed E-state index contributed by atoms with van der Waals surface area (Å²) in [6.07, 6.45) is 2.44. The Balaban J connectivity index is 2.00. The van der Waals surface area contributed by atoms with Crippen LogP contribution in [0.5, 0.6) is 0 Å². The van der Waals surface area contributed by atoms with Crippen molar-refractivity contribution in [3.8, 4) is 0 Å². The molecule has 0 bridgehead atoms. The monoisotopic (exact) mass is 155 g/mol. The van der Waals surface area contributed by atoms with Gasteiger partial charge in [0.25, 0.3) is 0 Å². The molecule has 0 unspecified atom stereocenters. The first-order valence-corrected chi connectivity index (χ1v) is 4.45. The number of ether oxygens (including phenoxy) is 1. The fourth-order valence-corrected chi connectivity index (χ4v) is 2.15. The van der Waals surface area contributed by atoms with E-state index in [1.54, 1.807) is 0 Å². The Morgan fingerprint density at radius 2 is 1.64 bits per heavy atom. The minimum absolute atomic E-state index is 0.175. The van der Waals surface area contributed by atoms with Crippen molar-refractivity contribution in [2.24, 2.45) is 0 Å². The van der Waals surface area contributed by atoms with Gasteiger partial charge in [0.05, 0.1) is 11.2 Å². The fraction of sp³-hybridized carbons (Fsp3) is 1.00. The molecule has 2 nitrogen and oxygen atoms in total. The molecule has 0 radical (unpaired) electrons. The standard InChI is InChI=1S/C9H17NO/c1-8(2)9(11-8)4-6-10(3)7-5-9/h4-7H2,1-3H3. The minimum Gasteiger partial charge on any atom is -0.363 e. The second-order valence-electron chi connectivity index (χ2n) is 4.41. The second kappa shape index (κ2) is 1.99. The molecule has 2 heteroatoms. The van der Waals surface area contributed by atoms with E-state index in [9.17, 15) is 0 Å². The molecule has 0 amide bonds. The summed E-state index contributed by atoms with van der Waals surface area (Å²) in [5.41, 5.74) is 0.438. The molecule has 0 aliphatic carbocycles. The van der Waals surface area contributed by atoms with Crippen molar-refractivity contribution in [3.05, 3.63) is 0 Å². The van der Waals surface area contributed by atoms with Crippen LogP contribution in [-0.4, -0.2) is 36.2 Å². The Labute approximate surface area is 68.5 Å². The topological polar surface area (TPSA) is 15.8 Å². The molecule has 2 heterocycles. The maximum Gasteiger partial charge on any atom is 0.0998 e. The van der Waals surface area contributed by atoms with Crippen LogP contribution >= 0.6 is 0 Å². The highest BCUT2D eigenvalue weighted by Crippen LogP contribution is 2.53. The molecule has 2 fully saturated rings. The quantitative estimate of drug-likeness (QED) is 0.489. The Bertz CT molecular complexity index is 168. The number of rotatable bonds is 0. The Morgan fingerprint density at radius 3 is 2.00 bits per heavy atom. The van der Waals surface area contributed by atoms with Gasteiger partial charge in [0.1, 0.15) is 0 Å². The van der Waals surface area contributed by atoms with Gasteiger partial charge in [0.15, 0.2) is 0 Å². The van der Waals surface area contributed by atoms with E-state index in [1.165, 1.54) is 25.9 Å². The van der Waals surface area contributed by atoms with Crippen LogP contribution in [0, 0.1) is 0 Å². The predicted octanol–water partition coefficient (Wildman–Crippen LogP) is 1.26. The summed E-state index contributed by atoms with van der Waals surface area (Å²) in [5, 5.41) is 0. The zero-order valence-corrected chi connectivity index (χ0v) is 7.68. The van der Waals surface area contributed by atoms with Crippen molar-refractivity contribution >= 4 is 0 Å². The molecule has 2 aliphatic heterocycles. The van der Waals surface area contributed by atoms with Crippen molar-refractivity contribution in [1.82, 2.24) is 4.90 Å². The largest absolute Gasteiger partial charge is 0.363 e. The van der Waals surface area contributed by atoms with Gasteiger partial charge < -0.3 is 9.64 Å². The van der Waals surface area contributed by atoms with Gasteiger partial charge in [-0.1, -0.05) is 0 Å². The number of epoxide rings is 1. The molecule has 2 aliphatic rings. The third-order valence-electron chi connectivity index (χ3n) is 3.30. The van der Waals surface area contributed by atoms with E-state index in [2.05, 4.69) is 25.8 Å². The average molecular weight is 155 g/mol. The molecule has 0 aromatic carbocycles. The summed E-state index contributed by atoms with van der Waals surface area (Å²) in [4.78, 5) is 2.38. The maximum absolute atomic E-state index is 5.75. The van der Waals surface area contributed by atoms with Crippen molar-refractivity contribution in [3.63, 3.8) is 0 Å². The lowest BCUT2D eigenvalue weighted by Crippen LogP contribution is -2.37. The molecule has 1 spiro atoms. The summed E-state index contributed by atoms with van der Waals surface area (Å²) in [6, 6.07) is 0. The van der Waals surface area contributed by atoms with Crippen LogP contribution in [0.4, 0.5) is 0 Å². The van der Waals surface area contributed by atoms with Crippen LogP contribution in [0.2, 0.25) is 0 Å². The zero-order valence-electron chi connectivity index (χ0n) is 7.68. The van der Waals surface area contributed by atoms with Crippen LogP contribution in [0.3, 0.4) is 0 Å². The molecule has 0 aromatic rings. The molecule has 0 aromatic heterocycles. The lowest BCUT2D eigenvalue weighted by atomic mass is 9.87. The summed E-state index contributed by atoms with van der Waals surface area (Å²) in [7, 11) is 2.18. The number of likely N-dealkylation sites (tertiary alicyclic amines) is 1. The van der Waals surface area contributed by atoms with E-state index in [-0.39, 0.29) is 11.2 Å². The Morgan fingerprint density at radius 1 is 1.18 bits per heavy atom. The molecule has 0 atom stereocenters. The third-order valence-corrected chi connectivity index (χ3v) is 3.30. The Kier molecular flexibility index (Phi) is 1.37. The molecule has 0 N–H and O–H groups in total. The van der Waals surface area contributed by atoms with Crippen LogP contribution in [-0.2, 0) is 4.74 Å². The Hall–Kier alpha value is -0.0800. The number of hydrogen-bond donors (Lipinski definition) is 0. The van der Waals surface area contributed by atoms with Gasteiger partial charge in [0, 0.05) is 13.1 Å². The van der Waals surface area contributed by atoms with Crippen LogP contribution < -0.4 is 0 Å². The molecule has 2 saturated heterocycles. The molecule has 64 valence electrons. The number of piperidine rings is 1. The van der Waals surface area contributed by atoms with Crippen molar-refractivity contribution in [1.29, 1.82) is 0 Å². The van der Waals surface area contributed by atoms with E-state index in [1.807, 2.05) is 0 Å². The summed E-state index contributed by atoms with van der Waals surface area (Å²) in [6.45, 7) is 6.81. The van der Waals surface area contributed by atoms with Gasteiger partial charge in [-0.05, 0) is 33.7 Å². The zero-order chi connectivity index (χ0) is 8.11. The van der Waals surface area contributed by atoms with E-state index < -0.39 is 0 Å². The SMILES string of the molecule is CN1CCC2(CC1)OC2(C)C. The van der Waals surface area contributed by atoms with Crippen molar-refractivity contribution in [2.45, 2.75) is 37.9 Å². The first-order chi connectivity index (χ1) is 5.06. The maximum atomic E-state index is 5.75. The van der Waals surface area contributed by atoms with Gasteiger partial charge in [-0.15, -0.1) is 0 Å². The third kappa shape index (κ3) is 1.00. The molecule has 11 heavy (non-hydrogen) atoms. The summed E-state index contributed by atoms with van der Waals surface area (Å²) in [5.74, 6) is 0. The van der Waals surface area contributed by atoms with Gasteiger partial charge in [-0.3, -0.25) is 0 Å². The lowest BCUT2D eigenvalue weighted by molar-refractivity contribution is 0.168. The van der Waals surface area contributed by atoms with Gasteiger partial charge in [-0.25, -0.2) is 0 Å². The molecular weight excluding hydrogens is 138 g/mol. The van der Waals surface area contributed by atoms with Crippen molar-refractivity contribution < 1.29 is 4.74 Å². The van der Waals surface area contributed by atoms with Crippen LogP contribution in [0.15, 0.2) is 0 Å². The van der Waals surface area contributed by atoms with E-state index in [4.69, 9.17) is 4.74 Å². The van der Waals surface area contributed by atoms with Crippen LogP contribution in [0.25, 0.3) is 0 Å². The smallest absolute Gasteiger partial charge is 0.0998 e. The number of nitrogens with zero attached hydrogens (tertiary/aromatic N) is 1. The van der Waals surface area contributed by atoms with E-state index in [0.717, 1.165) is 0 Å². The summed E-state index contributed by atoms with van der Waals surface area (Å²) >= 11 is 0. The first kappa shape index (κ1) is 7.56. The first-order valence-electron chi connectivity index (χ1n) is 4.45. The lowest BCUT2D eigenvalue weighted by Gasteiger charge is -2.28. The molecule has 2 rings (SSSR count). The fourth-order valence-electron chi connectivity index (χ4n) is 2.15. The average Bonchev–Trinajstić information content (AvgIpc) is 2.44. The van der Waals surface area contributed by atoms with E-state index in [0.29, 0.717) is 0 Å². The van der Waals surface area contributed by atoms with E-state index >= 15 is 0 Å². The van der Waals surface area contributed by atoms with Crippen molar-refractivity contribution in [2.75, 3.05) is 20.1 Å². The van der Waals surface area contributed by atoms with Gasteiger partial charge in [-0.2, -0.15) is 0 Å². The summed E-state index contributed by atoms with van der Waals surface area (Å²) < 4.78 is 5.75. The van der Waals surface area contributed by atoms with Crippen LogP contribution in [0.1, 0.15) is 26.7 Å².